The number of carbonyl (C=O) groups excluding carboxylic acids is 1. The molecule has 134 valence electrons. The molecule has 1 unspecified atom stereocenters. The Morgan fingerprint density at radius 2 is 1.79 bits per heavy atom. The highest BCUT2D eigenvalue weighted by molar-refractivity contribution is 7.86. The summed E-state index contributed by atoms with van der Waals surface area (Å²) in [6.45, 7) is 3.57. The summed E-state index contributed by atoms with van der Waals surface area (Å²) in [6.07, 6.45) is 0. The SMILES string of the molecule is CC(c1ccc(F)cc1)N(C)C(=O)CN1CCN(S(N)(=O)=O)CC1. The van der Waals surface area contributed by atoms with Crippen molar-refractivity contribution in [1.29, 1.82) is 0 Å². The van der Waals surface area contributed by atoms with Gasteiger partial charge in [0.05, 0.1) is 12.6 Å². The molecule has 0 bridgehead atoms. The number of carbonyl (C=O) groups is 1. The summed E-state index contributed by atoms with van der Waals surface area (Å²) in [7, 11) is -1.96. The molecule has 1 aliphatic rings. The fourth-order valence-electron chi connectivity index (χ4n) is 2.63. The smallest absolute Gasteiger partial charge is 0.276 e. The molecule has 1 atom stereocenters. The molecular formula is C15H23FN4O3S. The van der Waals surface area contributed by atoms with Crippen LogP contribution in [-0.4, -0.2) is 68.2 Å². The van der Waals surface area contributed by atoms with Gasteiger partial charge in [0.15, 0.2) is 0 Å². The molecule has 1 amide bonds. The Bertz CT molecular complexity index is 672. The highest BCUT2D eigenvalue weighted by atomic mass is 32.2. The van der Waals surface area contributed by atoms with Crippen LogP contribution in [0.25, 0.3) is 0 Å². The fourth-order valence-corrected chi connectivity index (χ4v) is 3.30. The molecule has 1 fully saturated rings. The Morgan fingerprint density at radius 3 is 2.29 bits per heavy atom. The monoisotopic (exact) mass is 358 g/mol. The molecule has 0 aromatic heterocycles. The van der Waals surface area contributed by atoms with E-state index in [1.54, 1.807) is 24.1 Å². The number of amides is 1. The molecule has 1 aromatic carbocycles. The predicted molar refractivity (Wildman–Crippen MR) is 88.7 cm³/mol. The number of nitrogens with zero attached hydrogens (tertiary/aromatic N) is 3. The topological polar surface area (TPSA) is 86.9 Å². The summed E-state index contributed by atoms with van der Waals surface area (Å²) in [5, 5.41) is 5.10. The summed E-state index contributed by atoms with van der Waals surface area (Å²) >= 11 is 0. The summed E-state index contributed by atoms with van der Waals surface area (Å²) < 4.78 is 36.8. The number of halogens is 1. The zero-order chi connectivity index (χ0) is 17.9. The number of nitrogens with two attached hydrogens (primary N) is 1. The van der Waals surface area contributed by atoms with Gasteiger partial charge in [-0.3, -0.25) is 9.69 Å². The van der Waals surface area contributed by atoms with E-state index in [0.29, 0.717) is 13.1 Å². The van der Waals surface area contributed by atoms with Crippen molar-refractivity contribution in [2.45, 2.75) is 13.0 Å². The molecule has 0 radical (unpaired) electrons. The van der Waals surface area contributed by atoms with Gasteiger partial charge in [-0.25, -0.2) is 9.53 Å². The molecule has 24 heavy (non-hydrogen) atoms. The van der Waals surface area contributed by atoms with Crippen molar-refractivity contribution in [3.63, 3.8) is 0 Å². The molecule has 1 aromatic rings. The van der Waals surface area contributed by atoms with Crippen LogP contribution >= 0.6 is 0 Å². The van der Waals surface area contributed by atoms with E-state index in [-0.39, 0.29) is 37.4 Å². The lowest BCUT2D eigenvalue weighted by Gasteiger charge is -2.34. The minimum atomic E-state index is -3.67. The second-order valence-corrected chi connectivity index (χ2v) is 7.50. The molecule has 9 heteroatoms. The number of benzene rings is 1. The predicted octanol–water partition coefficient (Wildman–Crippen LogP) is 0.166. The van der Waals surface area contributed by atoms with E-state index in [9.17, 15) is 17.6 Å². The lowest BCUT2D eigenvalue weighted by atomic mass is 10.1. The minimum absolute atomic E-state index is 0.0733. The normalized spacial score (nSPS) is 18.3. The highest BCUT2D eigenvalue weighted by Crippen LogP contribution is 2.19. The van der Waals surface area contributed by atoms with Crippen molar-refractivity contribution in [1.82, 2.24) is 14.1 Å². The highest BCUT2D eigenvalue weighted by Gasteiger charge is 2.26. The third-order valence-corrected chi connectivity index (χ3v) is 5.46. The number of hydrogen-bond donors (Lipinski definition) is 1. The van der Waals surface area contributed by atoms with Crippen LogP contribution in [0, 0.1) is 5.82 Å². The van der Waals surface area contributed by atoms with Crippen molar-refractivity contribution >= 4 is 16.1 Å². The van der Waals surface area contributed by atoms with Gasteiger partial charge in [0, 0.05) is 33.2 Å². The Labute approximate surface area is 142 Å². The van der Waals surface area contributed by atoms with E-state index in [4.69, 9.17) is 5.14 Å². The quantitative estimate of drug-likeness (QED) is 0.813. The van der Waals surface area contributed by atoms with Gasteiger partial charge < -0.3 is 4.90 Å². The first kappa shape index (κ1) is 18.8. The molecule has 2 rings (SSSR count). The fraction of sp³-hybridized carbons (Fsp3) is 0.533. The molecule has 1 aliphatic heterocycles. The van der Waals surface area contributed by atoms with E-state index in [0.717, 1.165) is 5.56 Å². The van der Waals surface area contributed by atoms with Crippen LogP contribution < -0.4 is 5.14 Å². The Morgan fingerprint density at radius 1 is 1.25 bits per heavy atom. The van der Waals surface area contributed by atoms with Crippen molar-refractivity contribution in [3.05, 3.63) is 35.6 Å². The van der Waals surface area contributed by atoms with Gasteiger partial charge in [0.2, 0.25) is 5.91 Å². The van der Waals surface area contributed by atoms with Crippen LogP contribution in [0.3, 0.4) is 0 Å². The Kier molecular flexibility index (Phi) is 5.92. The number of piperazine rings is 1. The zero-order valence-corrected chi connectivity index (χ0v) is 14.7. The summed E-state index contributed by atoms with van der Waals surface area (Å²) in [5.74, 6) is -0.386. The van der Waals surface area contributed by atoms with Gasteiger partial charge in [0.25, 0.3) is 10.2 Å². The first-order valence-electron chi connectivity index (χ1n) is 7.70. The van der Waals surface area contributed by atoms with Crippen molar-refractivity contribution in [2.24, 2.45) is 5.14 Å². The van der Waals surface area contributed by atoms with Crippen LogP contribution in [0.5, 0.6) is 0 Å². The van der Waals surface area contributed by atoms with Gasteiger partial charge in [-0.05, 0) is 24.6 Å². The van der Waals surface area contributed by atoms with Crippen molar-refractivity contribution < 1.29 is 17.6 Å². The van der Waals surface area contributed by atoms with Crippen LogP contribution in [0.1, 0.15) is 18.5 Å². The van der Waals surface area contributed by atoms with Gasteiger partial charge in [-0.15, -0.1) is 0 Å². The minimum Gasteiger partial charge on any atom is -0.338 e. The van der Waals surface area contributed by atoms with Gasteiger partial charge in [0.1, 0.15) is 5.82 Å². The second-order valence-electron chi connectivity index (χ2n) is 5.95. The lowest BCUT2D eigenvalue weighted by Crippen LogP contribution is -2.52. The maximum Gasteiger partial charge on any atom is 0.276 e. The molecule has 1 heterocycles. The molecule has 1 saturated heterocycles. The van der Waals surface area contributed by atoms with E-state index < -0.39 is 10.2 Å². The van der Waals surface area contributed by atoms with E-state index >= 15 is 0 Å². The molecule has 2 N–H and O–H groups in total. The first-order valence-corrected chi connectivity index (χ1v) is 9.20. The Hall–Kier alpha value is -1.55. The third kappa shape index (κ3) is 4.73. The third-order valence-electron chi connectivity index (χ3n) is 4.38. The summed E-state index contributed by atoms with van der Waals surface area (Å²) in [4.78, 5) is 15.9. The number of rotatable bonds is 5. The van der Waals surface area contributed by atoms with Gasteiger partial charge in [-0.1, -0.05) is 12.1 Å². The van der Waals surface area contributed by atoms with E-state index in [1.165, 1.54) is 16.4 Å². The maximum absolute atomic E-state index is 13.0. The van der Waals surface area contributed by atoms with E-state index in [1.807, 2.05) is 11.8 Å². The maximum atomic E-state index is 13.0. The van der Waals surface area contributed by atoms with Gasteiger partial charge in [-0.2, -0.15) is 12.7 Å². The standard InChI is InChI=1S/C15H23FN4O3S/c1-12(13-3-5-14(16)6-4-13)18(2)15(21)11-19-7-9-20(10-8-19)24(17,22)23/h3-6,12H,7-11H2,1-2H3,(H2,17,22,23). The zero-order valence-electron chi connectivity index (χ0n) is 13.9. The molecule has 7 nitrogen and oxygen atoms in total. The van der Waals surface area contributed by atoms with Crippen LogP contribution in [-0.2, 0) is 15.0 Å². The molecule has 0 aliphatic carbocycles. The van der Waals surface area contributed by atoms with Crippen LogP contribution in [0.2, 0.25) is 0 Å². The second kappa shape index (κ2) is 7.56. The molecule has 0 spiro atoms. The summed E-state index contributed by atoms with van der Waals surface area (Å²) in [6, 6.07) is 5.89. The number of likely N-dealkylation sites (N-methyl/N-ethyl adjacent to an activating group) is 1. The molecular weight excluding hydrogens is 335 g/mol. The van der Waals surface area contributed by atoms with Gasteiger partial charge >= 0.3 is 0 Å². The van der Waals surface area contributed by atoms with Crippen molar-refractivity contribution in [3.8, 4) is 0 Å². The van der Waals surface area contributed by atoms with Crippen LogP contribution in [0.15, 0.2) is 24.3 Å². The lowest BCUT2D eigenvalue weighted by molar-refractivity contribution is -0.133. The first-order chi connectivity index (χ1) is 11.2. The van der Waals surface area contributed by atoms with Crippen molar-refractivity contribution in [2.75, 3.05) is 39.8 Å². The molecule has 0 saturated carbocycles. The average molecular weight is 358 g/mol. The van der Waals surface area contributed by atoms with E-state index in [2.05, 4.69) is 0 Å². The Balaban J connectivity index is 1.89. The van der Waals surface area contributed by atoms with Crippen LogP contribution in [0.4, 0.5) is 4.39 Å². The summed E-state index contributed by atoms with van der Waals surface area (Å²) in [5.41, 5.74) is 0.853. The average Bonchev–Trinajstić information content (AvgIpc) is 2.54. The largest absolute Gasteiger partial charge is 0.338 e. The number of hydrogen-bond acceptors (Lipinski definition) is 4.